The highest BCUT2D eigenvalue weighted by molar-refractivity contribution is 6.00. The highest BCUT2D eigenvalue weighted by Crippen LogP contribution is 2.31. The monoisotopic (exact) mass is 371 g/mol. The number of amides is 3. The van der Waals surface area contributed by atoms with Crippen molar-refractivity contribution >= 4 is 11.9 Å². The summed E-state index contributed by atoms with van der Waals surface area (Å²) >= 11 is 0. The van der Waals surface area contributed by atoms with Crippen LogP contribution in [0.3, 0.4) is 0 Å². The number of fused-ring (bicyclic) bond motifs is 3. The fourth-order valence-electron chi connectivity index (χ4n) is 4.51. The zero-order chi connectivity index (χ0) is 19.1. The smallest absolute Gasteiger partial charge is 0.310 e. The molecule has 0 spiro atoms. The number of hydrogen-bond donors (Lipinski definition) is 1. The van der Waals surface area contributed by atoms with Gasteiger partial charge in [-0.3, -0.25) is 24.8 Å². The molecule has 3 heterocycles. The van der Waals surface area contributed by atoms with E-state index in [1.807, 2.05) is 19.9 Å². The highest BCUT2D eigenvalue weighted by Gasteiger charge is 2.55. The summed E-state index contributed by atoms with van der Waals surface area (Å²) in [4.78, 5) is 33.7. The van der Waals surface area contributed by atoms with Crippen LogP contribution in [0.25, 0.3) is 0 Å². The zero-order valence-electron chi connectivity index (χ0n) is 16.3. The van der Waals surface area contributed by atoms with E-state index in [0.717, 1.165) is 26.1 Å². The van der Waals surface area contributed by atoms with Crippen LogP contribution >= 0.6 is 0 Å². The predicted octanol–water partition coefficient (Wildman–Crippen LogP) is 1.33. The molecular weight excluding hydrogens is 342 g/mol. The topological polar surface area (TPSA) is 59.1 Å². The number of nitrogens with one attached hydrogen (secondary N) is 1. The Morgan fingerprint density at radius 2 is 1.89 bits per heavy atom. The van der Waals surface area contributed by atoms with Crippen LogP contribution in [0.4, 0.5) is 4.79 Å². The van der Waals surface area contributed by atoms with E-state index < -0.39 is 0 Å². The molecular formula is C20H29N5O2. The molecule has 0 radical (unpaired) electrons. The Balaban J connectivity index is 1.57. The molecule has 0 saturated carbocycles. The van der Waals surface area contributed by atoms with Crippen LogP contribution in [0.2, 0.25) is 0 Å². The number of imide groups is 1. The van der Waals surface area contributed by atoms with Gasteiger partial charge in [0.05, 0.1) is 0 Å². The predicted molar refractivity (Wildman–Crippen MR) is 102 cm³/mol. The van der Waals surface area contributed by atoms with Gasteiger partial charge >= 0.3 is 6.03 Å². The SMILES string of the molecule is CC(C)CN1C(=O)C2C(NC3N(Cc4ccccc4)CCCN23)N(C)C1=O. The molecule has 1 aromatic carbocycles. The molecule has 3 unspecified atom stereocenters. The summed E-state index contributed by atoms with van der Waals surface area (Å²) < 4.78 is 0. The van der Waals surface area contributed by atoms with Crippen LogP contribution in [-0.2, 0) is 11.3 Å². The summed E-state index contributed by atoms with van der Waals surface area (Å²) in [5.74, 6) is 0.192. The van der Waals surface area contributed by atoms with E-state index in [-0.39, 0.29) is 36.4 Å². The third kappa shape index (κ3) is 3.24. The Kier molecular flexibility index (Phi) is 4.92. The first kappa shape index (κ1) is 18.4. The van der Waals surface area contributed by atoms with Crippen LogP contribution in [0.5, 0.6) is 0 Å². The van der Waals surface area contributed by atoms with Gasteiger partial charge in [0, 0.05) is 33.2 Å². The van der Waals surface area contributed by atoms with Crippen molar-refractivity contribution in [3.05, 3.63) is 35.9 Å². The summed E-state index contributed by atoms with van der Waals surface area (Å²) in [5, 5.41) is 3.56. The second-order valence-corrected chi connectivity index (χ2v) is 8.21. The fraction of sp³-hybridized carbons (Fsp3) is 0.600. The van der Waals surface area contributed by atoms with E-state index in [0.29, 0.717) is 6.54 Å². The Morgan fingerprint density at radius 3 is 2.59 bits per heavy atom. The molecule has 3 saturated heterocycles. The normalized spacial score (nSPS) is 29.4. The van der Waals surface area contributed by atoms with Gasteiger partial charge in [-0.25, -0.2) is 4.79 Å². The number of hydrogen-bond acceptors (Lipinski definition) is 5. The van der Waals surface area contributed by atoms with E-state index in [2.05, 4.69) is 39.4 Å². The lowest BCUT2D eigenvalue weighted by atomic mass is 10.1. The lowest BCUT2D eigenvalue weighted by Crippen LogP contribution is -2.66. The molecule has 3 amide bonds. The Labute approximate surface area is 160 Å². The van der Waals surface area contributed by atoms with Crippen LogP contribution in [-0.4, -0.2) is 76.7 Å². The van der Waals surface area contributed by atoms with Crippen LogP contribution in [0.15, 0.2) is 30.3 Å². The molecule has 0 aromatic heterocycles. The first-order chi connectivity index (χ1) is 13.0. The first-order valence-corrected chi connectivity index (χ1v) is 9.85. The summed E-state index contributed by atoms with van der Waals surface area (Å²) in [6.45, 7) is 7.21. The van der Waals surface area contributed by atoms with Gasteiger partial charge in [-0.15, -0.1) is 0 Å². The lowest BCUT2D eigenvalue weighted by Gasteiger charge is -2.43. The van der Waals surface area contributed by atoms with Gasteiger partial charge in [0.1, 0.15) is 18.5 Å². The van der Waals surface area contributed by atoms with Gasteiger partial charge in [-0.2, -0.15) is 0 Å². The summed E-state index contributed by atoms with van der Waals surface area (Å²) in [6.07, 6.45) is 0.727. The average Bonchev–Trinajstić information content (AvgIpc) is 3.05. The number of nitrogens with zero attached hydrogens (tertiary/aromatic N) is 4. The van der Waals surface area contributed by atoms with Gasteiger partial charge in [-0.1, -0.05) is 44.2 Å². The van der Waals surface area contributed by atoms with Crippen molar-refractivity contribution in [1.29, 1.82) is 0 Å². The minimum atomic E-state index is -0.310. The maximum atomic E-state index is 13.2. The Morgan fingerprint density at radius 1 is 1.15 bits per heavy atom. The molecule has 1 aromatic rings. The molecule has 0 aliphatic carbocycles. The van der Waals surface area contributed by atoms with Crippen molar-refractivity contribution in [3.8, 4) is 0 Å². The first-order valence-electron chi connectivity index (χ1n) is 9.85. The van der Waals surface area contributed by atoms with Crippen LogP contribution < -0.4 is 5.32 Å². The molecule has 1 N–H and O–H groups in total. The van der Waals surface area contributed by atoms with Crippen molar-refractivity contribution in [2.75, 3.05) is 26.7 Å². The van der Waals surface area contributed by atoms with Crippen LogP contribution in [0, 0.1) is 5.92 Å². The maximum absolute atomic E-state index is 13.2. The molecule has 3 fully saturated rings. The summed E-state index contributed by atoms with van der Waals surface area (Å²) in [5.41, 5.74) is 1.26. The number of likely N-dealkylation sites (N-methyl/N-ethyl adjacent to an activating group) is 1. The standard InChI is InChI=1S/C20H29N5O2/c1-14(2)12-25-18(26)16-17(22(3)20(25)27)21-19-23(10-7-11-24(16)19)13-15-8-5-4-6-9-15/h4-6,8-9,14,16-17,19,21H,7,10-13H2,1-3H3. The second-order valence-electron chi connectivity index (χ2n) is 8.21. The number of rotatable bonds is 4. The molecule has 4 rings (SSSR count). The third-order valence-corrected chi connectivity index (χ3v) is 5.74. The molecule has 3 aliphatic rings. The van der Waals surface area contributed by atoms with E-state index in [1.165, 1.54) is 10.5 Å². The second kappa shape index (κ2) is 7.22. The molecule has 3 atom stereocenters. The zero-order valence-corrected chi connectivity index (χ0v) is 16.3. The van der Waals surface area contributed by atoms with Crippen molar-refractivity contribution in [2.45, 2.75) is 45.3 Å². The van der Waals surface area contributed by atoms with E-state index in [9.17, 15) is 9.59 Å². The summed E-state index contributed by atoms with van der Waals surface area (Å²) in [6, 6.07) is 9.89. The van der Waals surface area contributed by atoms with Gasteiger partial charge in [-0.05, 0) is 17.9 Å². The molecule has 3 aliphatic heterocycles. The molecule has 7 heteroatoms. The quantitative estimate of drug-likeness (QED) is 0.865. The number of benzene rings is 1. The average molecular weight is 371 g/mol. The third-order valence-electron chi connectivity index (χ3n) is 5.74. The fourth-order valence-corrected chi connectivity index (χ4v) is 4.51. The maximum Gasteiger partial charge on any atom is 0.327 e. The minimum absolute atomic E-state index is 0.0212. The van der Waals surface area contributed by atoms with Crippen molar-refractivity contribution < 1.29 is 9.59 Å². The van der Waals surface area contributed by atoms with Gasteiger partial charge in [0.2, 0.25) is 0 Å². The number of urea groups is 1. The lowest BCUT2D eigenvalue weighted by molar-refractivity contribution is -0.140. The minimum Gasteiger partial charge on any atom is -0.310 e. The number of carbonyl (C=O) groups is 2. The molecule has 7 nitrogen and oxygen atoms in total. The van der Waals surface area contributed by atoms with Gasteiger partial charge in [0.15, 0.2) is 0 Å². The van der Waals surface area contributed by atoms with E-state index in [1.54, 1.807) is 11.9 Å². The number of carbonyl (C=O) groups excluding carboxylic acids is 2. The van der Waals surface area contributed by atoms with Crippen LogP contribution in [0.1, 0.15) is 25.8 Å². The van der Waals surface area contributed by atoms with Gasteiger partial charge < -0.3 is 4.90 Å². The Bertz CT molecular complexity index is 710. The van der Waals surface area contributed by atoms with Gasteiger partial charge in [0.25, 0.3) is 5.91 Å². The van der Waals surface area contributed by atoms with Crippen molar-refractivity contribution in [2.24, 2.45) is 5.92 Å². The molecule has 146 valence electrons. The Hall–Kier alpha value is -1.96. The largest absolute Gasteiger partial charge is 0.327 e. The van der Waals surface area contributed by atoms with E-state index >= 15 is 0 Å². The van der Waals surface area contributed by atoms with Crippen molar-refractivity contribution in [3.63, 3.8) is 0 Å². The highest BCUT2D eigenvalue weighted by atomic mass is 16.2. The van der Waals surface area contributed by atoms with E-state index in [4.69, 9.17) is 0 Å². The van der Waals surface area contributed by atoms with Crippen molar-refractivity contribution in [1.82, 2.24) is 24.9 Å². The molecule has 27 heavy (non-hydrogen) atoms. The molecule has 0 bridgehead atoms. The summed E-state index contributed by atoms with van der Waals surface area (Å²) in [7, 11) is 1.80.